The molecule has 5 nitrogen and oxygen atoms in total. The second-order valence-corrected chi connectivity index (χ2v) is 4.39. The van der Waals surface area contributed by atoms with Gasteiger partial charge in [0.1, 0.15) is 0 Å². The maximum atomic E-state index is 10.7. The molecule has 0 heterocycles. The summed E-state index contributed by atoms with van der Waals surface area (Å²) < 4.78 is 0.934. The minimum Gasteiger partial charge on any atom is -1.00 e. The Morgan fingerprint density at radius 3 is 1.89 bits per heavy atom. The summed E-state index contributed by atoms with van der Waals surface area (Å²) in [7, 11) is 6.40. The van der Waals surface area contributed by atoms with Crippen molar-refractivity contribution in [2.75, 3.05) is 34.2 Å². The van der Waals surface area contributed by atoms with E-state index in [1.165, 1.54) is 6.08 Å². The number of rotatable bonds is 6. The van der Waals surface area contributed by atoms with Gasteiger partial charge in [0.15, 0.2) is 0 Å². The number of carbonyl (C=O) groups excluding carboxylic acids is 2. The SMILES string of the molecule is C=CC(=O)NCCC[N+](C)(C)C.C=CC(=O)[O-].[Cl-].[Na+]. The van der Waals surface area contributed by atoms with Crippen LogP contribution in [0.5, 0.6) is 0 Å². The molecule has 0 aliphatic carbocycles. The van der Waals surface area contributed by atoms with Crippen molar-refractivity contribution in [1.82, 2.24) is 5.32 Å². The Balaban J connectivity index is -0.000000139. The first-order chi connectivity index (χ1) is 7.72. The third-order valence-corrected chi connectivity index (χ3v) is 1.66. The average Bonchev–Trinajstić information content (AvgIpc) is 2.23. The summed E-state index contributed by atoms with van der Waals surface area (Å²) in [4.78, 5) is 19.8. The van der Waals surface area contributed by atoms with Crippen molar-refractivity contribution in [1.29, 1.82) is 0 Å². The first-order valence-corrected chi connectivity index (χ1v) is 5.27. The largest absolute Gasteiger partial charge is 1.00 e. The maximum absolute atomic E-state index is 10.7. The zero-order valence-electron chi connectivity index (χ0n) is 12.2. The Labute approximate surface area is 144 Å². The van der Waals surface area contributed by atoms with Crippen LogP contribution in [-0.4, -0.2) is 50.6 Å². The van der Waals surface area contributed by atoms with Crippen LogP contribution in [-0.2, 0) is 9.59 Å². The van der Waals surface area contributed by atoms with Gasteiger partial charge in [-0.1, -0.05) is 13.2 Å². The average molecular weight is 301 g/mol. The van der Waals surface area contributed by atoms with E-state index >= 15 is 0 Å². The molecule has 0 rings (SSSR count). The summed E-state index contributed by atoms with van der Waals surface area (Å²) in [6.45, 7) is 8.07. The van der Waals surface area contributed by atoms with Gasteiger partial charge in [-0.05, 0) is 12.2 Å². The van der Waals surface area contributed by atoms with E-state index in [9.17, 15) is 4.79 Å². The molecule has 0 atom stereocenters. The van der Waals surface area contributed by atoms with Crippen LogP contribution < -0.4 is 52.4 Å². The molecule has 0 aliphatic rings. The Hall–Kier alpha value is -0.330. The predicted octanol–water partition coefficient (Wildman–Crippen LogP) is -6.68. The van der Waals surface area contributed by atoms with Crippen LogP contribution in [0.25, 0.3) is 0 Å². The van der Waals surface area contributed by atoms with E-state index in [2.05, 4.69) is 39.6 Å². The number of carboxylic acid groups (broad SMARTS) is 1. The van der Waals surface area contributed by atoms with Crippen LogP contribution in [0.1, 0.15) is 6.42 Å². The molecule has 0 aromatic heterocycles. The molecular formula is C12H22ClN2NaO3. The van der Waals surface area contributed by atoms with Gasteiger partial charge >= 0.3 is 29.6 Å². The number of hydrogen-bond donors (Lipinski definition) is 1. The number of quaternary nitrogens is 1. The molecule has 0 unspecified atom stereocenters. The standard InChI is InChI=1S/C9H18N2O.C3H4O2.ClH.Na/c1-5-9(12)10-7-6-8-11(2,3)4;1-2-3(4)5;;/h5H,1,6-8H2,2-4H3;2H,1H2,(H,4,5);1H;/q;;;+1/p-1. The van der Waals surface area contributed by atoms with Crippen LogP contribution in [0.2, 0.25) is 0 Å². The second-order valence-electron chi connectivity index (χ2n) is 4.39. The number of carbonyl (C=O) groups is 2. The molecule has 0 aromatic rings. The summed E-state index contributed by atoms with van der Waals surface area (Å²) in [6, 6.07) is 0. The van der Waals surface area contributed by atoms with E-state index in [0.717, 1.165) is 30.1 Å². The van der Waals surface area contributed by atoms with Crippen LogP contribution >= 0.6 is 0 Å². The van der Waals surface area contributed by atoms with Crippen LogP contribution in [0, 0.1) is 0 Å². The van der Waals surface area contributed by atoms with E-state index in [4.69, 9.17) is 9.90 Å². The number of nitrogens with one attached hydrogen (secondary N) is 1. The Bertz CT molecular complexity index is 279. The summed E-state index contributed by atoms with van der Waals surface area (Å²) in [5, 5.41) is 11.9. The number of nitrogens with zero attached hydrogens (tertiary/aromatic N) is 1. The smallest absolute Gasteiger partial charge is 1.00 e. The van der Waals surface area contributed by atoms with Crippen molar-refractivity contribution in [3.8, 4) is 0 Å². The van der Waals surface area contributed by atoms with E-state index in [1.54, 1.807) is 0 Å². The van der Waals surface area contributed by atoms with E-state index in [1.807, 2.05) is 0 Å². The molecule has 0 saturated carbocycles. The Morgan fingerprint density at radius 1 is 1.21 bits per heavy atom. The molecular weight excluding hydrogens is 279 g/mol. The first-order valence-electron chi connectivity index (χ1n) is 5.27. The van der Waals surface area contributed by atoms with Gasteiger partial charge in [0.25, 0.3) is 0 Å². The van der Waals surface area contributed by atoms with Gasteiger partial charge in [-0.15, -0.1) is 0 Å². The topological polar surface area (TPSA) is 69.2 Å². The van der Waals surface area contributed by atoms with Crippen LogP contribution in [0.3, 0.4) is 0 Å². The zero-order chi connectivity index (χ0) is 13.9. The van der Waals surface area contributed by atoms with Crippen LogP contribution in [0.15, 0.2) is 25.3 Å². The van der Waals surface area contributed by atoms with Crippen molar-refractivity contribution >= 4 is 11.9 Å². The van der Waals surface area contributed by atoms with Gasteiger partial charge in [-0.3, -0.25) is 4.79 Å². The molecule has 0 bridgehead atoms. The van der Waals surface area contributed by atoms with Crippen LogP contribution in [0.4, 0.5) is 0 Å². The summed E-state index contributed by atoms with van der Waals surface area (Å²) in [5.74, 6) is -1.32. The third-order valence-electron chi connectivity index (χ3n) is 1.66. The van der Waals surface area contributed by atoms with Gasteiger partial charge in [0.05, 0.1) is 33.7 Å². The van der Waals surface area contributed by atoms with E-state index in [-0.39, 0.29) is 47.9 Å². The molecule has 0 saturated heterocycles. The van der Waals surface area contributed by atoms with Crippen molar-refractivity contribution < 1.29 is 61.1 Å². The fourth-order valence-corrected chi connectivity index (χ4v) is 0.837. The number of aliphatic carboxylic acids is 1. The Kier molecular flexibility index (Phi) is 22.4. The third kappa shape index (κ3) is 31.9. The monoisotopic (exact) mass is 300 g/mol. The van der Waals surface area contributed by atoms with Gasteiger partial charge in [-0.25, -0.2) is 0 Å². The fraction of sp³-hybridized carbons (Fsp3) is 0.500. The molecule has 0 aliphatic heterocycles. The molecule has 0 radical (unpaired) electrons. The van der Waals surface area contributed by atoms with Gasteiger partial charge in [-0.2, -0.15) is 0 Å². The van der Waals surface area contributed by atoms with Crippen molar-refractivity contribution in [3.05, 3.63) is 25.3 Å². The predicted molar refractivity (Wildman–Crippen MR) is 65.9 cm³/mol. The first kappa shape index (κ1) is 27.1. The minimum absolute atomic E-state index is 0. The second kappa shape index (κ2) is 15.7. The number of hydrogen-bond acceptors (Lipinski definition) is 3. The maximum Gasteiger partial charge on any atom is 1.00 e. The van der Waals surface area contributed by atoms with E-state index in [0.29, 0.717) is 0 Å². The molecule has 0 aromatic carbocycles. The van der Waals surface area contributed by atoms with Gasteiger partial charge in [0, 0.05) is 13.0 Å². The summed E-state index contributed by atoms with van der Waals surface area (Å²) in [5.41, 5.74) is 0. The number of halogens is 1. The van der Waals surface area contributed by atoms with Gasteiger partial charge < -0.3 is 32.1 Å². The molecule has 1 amide bonds. The molecule has 7 heteroatoms. The summed E-state index contributed by atoms with van der Waals surface area (Å²) >= 11 is 0. The molecule has 0 spiro atoms. The van der Waals surface area contributed by atoms with E-state index < -0.39 is 5.97 Å². The number of amides is 1. The van der Waals surface area contributed by atoms with Gasteiger partial charge in [0.2, 0.25) is 5.91 Å². The number of carboxylic acids is 1. The molecule has 0 fully saturated rings. The zero-order valence-corrected chi connectivity index (χ0v) is 15.0. The quantitative estimate of drug-likeness (QED) is 0.229. The molecule has 106 valence electrons. The Morgan fingerprint density at radius 2 is 1.63 bits per heavy atom. The fourth-order valence-electron chi connectivity index (χ4n) is 0.837. The molecule has 1 N–H and O–H groups in total. The normalized spacial score (nSPS) is 8.58. The summed E-state index contributed by atoms with van der Waals surface area (Å²) in [6.07, 6.45) is 3.02. The molecule has 19 heavy (non-hydrogen) atoms. The van der Waals surface area contributed by atoms with Crippen molar-refractivity contribution in [2.45, 2.75) is 6.42 Å². The van der Waals surface area contributed by atoms with Crippen molar-refractivity contribution in [2.24, 2.45) is 0 Å². The minimum atomic E-state index is -1.23. The van der Waals surface area contributed by atoms with Crippen molar-refractivity contribution in [3.63, 3.8) is 0 Å².